The van der Waals surface area contributed by atoms with Gasteiger partial charge in [-0.2, -0.15) is 0 Å². The van der Waals surface area contributed by atoms with Crippen LogP contribution in [0.1, 0.15) is 27.4 Å². The third kappa shape index (κ3) is 3.92. The first kappa shape index (κ1) is 19.8. The van der Waals surface area contributed by atoms with E-state index >= 15 is 0 Å². The highest BCUT2D eigenvalue weighted by Crippen LogP contribution is 2.37. The predicted molar refractivity (Wildman–Crippen MR) is 121 cm³/mol. The molecule has 0 radical (unpaired) electrons. The van der Waals surface area contributed by atoms with Gasteiger partial charge in [0.05, 0.1) is 17.1 Å². The van der Waals surface area contributed by atoms with Crippen molar-refractivity contribution >= 4 is 5.91 Å². The minimum atomic E-state index is -0.441. The average Bonchev–Trinajstić information content (AvgIpc) is 3.23. The van der Waals surface area contributed by atoms with Gasteiger partial charge >= 0.3 is 0 Å². The predicted octanol–water partition coefficient (Wildman–Crippen LogP) is 3.91. The maximum absolute atomic E-state index is 11.3. The Morgan fingerprint density at radius 1 is 1.00 bits per heavy atom. The summed E-state index contributed by atoms with van der Waals surface area (Å²) in [6, 6.07) is 19.0. The summed E-state index contributed by atoms with van der Waals surface area (Å²) in [4.78, 5) is 24.4. The monoisotopic (exact) mass is 426 g/mol. The number of aromatic amines is 1. The topological polar surface area (TPSA) is 103 Å². The lowest BCUT2D eigenvalue weighted by molar-refractivity contribution is 0.100. The van der Waals surface area contributed by atoms with Gasteiger partial charge in [-0.15, -0.1) is 0 Å². The molecular formula is C25H22N4O3. The van der Waals surface area contributed by atoms with Crippen LogP contribution in [-0.2, 0) is 6.42 Å². The van der Waals surface area contributed by atoms with Crippen LogP contribution >= 0.6 is 0 Å². The number of H-pyrrole nitrogens is 1. The molecule has 0 fully saturated rings. The van der Waals surface area contributed by atoms with Crippen molar-refractivity contribution in [1.82, 2.24) is 15.0 Å². The molecule has 2 aromatic carbocycles. The summed E-state index contributed by atoms with van der Waals surface area (Å²) in [6.45, 7) is 3.03. The Balaban J connectivity index is 1.55. The van der Waals surface area contributed by atoms with Crippen molar-refractivity contribution in [2.45, 2.75) is 13.3 Å². The summed E-state index contributed by atoms with van der Waals surface area (Å²) >= 11 is 0. The molecule has 1 aliphatic heterocycles. The zero-order valence-corrected chi connectivity index (χ0v) is 17.6. The molecule has 0 bridgehead atoms. The summed E-state index contributed by atoms with van der Waals surface area (Å²) < 4.78 is 11.4. The van der Waals surface area contributed by atoms with E-state index in [9.17, 15) is 4.79 Å². The van der Waals surface area contributed by atoms with Crippen molar-refractivity contribution in [3.63, 3.8) is 0 Å². The molecule has 32 heavy (non-hydrogen) atoms. The second-order valence-electron chi connectivity index (χ2n) is 7.67. The lowest BCUT2D eigenvalue weighted by Crippen LogP contribution is -2.15. The number of nitrogens with one attached hydrogen (secondary N) is 1. The van der Waals surface area contributed by atoms with E-state index in [0.29, 0.717) is 30.9 Å². The highest BCUT2D eigenvalue weighted by molar-refractivity contribution is 5.92. The van der Waals surface area contributed by atoms with Crippen molar-refractivity contribution in [2.75, 3.05) is 13.2 Å². The maximum Gasteiger partial charge on any atom is 0.248 e. The number of pyridine rings is 1. The maximum atomic E-state index is 11.3. The SMILES string of the molecule is Cc1cccc(-c2[nH]c(Cc3ccc(C(N)=O)cc3)nc2-c2ccc3c(c2)OCCO3)n1. The van der Waals surface area contributed by atoms with Crippen molar-refractivity contribution in [1.29, 1.82) is 0 Å². The Morgan fingerprint density at radius 2 is 1.78 bits per heavy atom. The summed E-state index contributed by atoms with van der Waals surface area (Å²) in [5, 5.41) is 0. The third-order valence-corrected chi connectivity index (χ3v) is 5.32. The molecule has 160 valence electrons. The molecule has 7 heteroatoms. The smallest absolute Gasteiger partial charge is 0.248 e. The lowest BCUT2D eigenvalue weighted by atomic mass is 10.1. The van der Waals surface area contributed by atoms with Crippen LogP contribution in [0.3, 0.4) is 0 Å². The fourth-order valence-electron chi connectivity index (χ4n) is 3.75. The Labute approximate surface area is 185 Å². The van der Waals surface area contributed by atoms with Gasteiger partial charge in [-0.3, -0.25) is 9.78 Å². The van der Waals surface area contributed by atoms with Gasteiger partial charge in [-0.05, 0) is 55.0 Å². The second kappa shape index (κ2) is 8.19. The van der Waals surface area contributed by atoms with Crippen molar-refractivity contribution in [3.05, 3.63) is 83.3 Å². The molecule has 4 aromatic rings. The number of nitrogens with two attached hydrogens (primary N) is 1. The van der Waals surface area contributed by atoms with E-state index < -0.39 is 5.91 Å². The van der Waals surface area contributed by atoms with Crippen LogP contribution in [0, 0.1) is 6.92 Å². The fourth-order valence-corrected chi connectivity index (χ4v) is 3.75. The first-order chi connectivity index (χ1) is 15.6. The normalized spacial score (nSPS) is 12.5. The number of fused-ring (bicyclic) bond motifs is 1. The van der Waals surface area contributed by atoms with Crippen LogP contribution in [-0.4, -0.2) is 34.1 Å². The second-order valence-corrected chi connectivity index (χ2v) is 7.67. The van der Waals surface area contributed by atoms with Crippen LogP contribution in [0.25, 0.3) is 22.6 Å². The number of rotatable bonds is 5. The number of imidazole rings is 1. The highest BCUT2D eigenvalue weighted by Gasteiger charge is 2.19. The summed E-state index contributed by atoms with van der Waals surface area (Å²) in [6.07, 6.45) is 0.572. The number of ether oxygens (including phenoxy) is 2. The molecule has 3 N–H and O–H groups in total. The molecular weight excluding hydrogens is 404 g/mol. The summed E-state index contributed by atoms with van der Waals surface area (Å²) in [7, 11) is 0. The zero-order chi connectivity index (χ0) is 22.1. The van der Waals surface area contributed by atoms with Gasteiger partial charge in [-0.1, -0.05) is 18.2 Å². The Hall–Kier alpha value is -4.13. The van der Waals surface area contributed by atoms with E-state index in [1.54, 1.807) is 12.1 Å². The van der Waals surface area contributed by atoms with E-state index in [2.05, 4.69) is 9.97 Å². The van der Waals surface area contributed by atoms with Gasteiger partial charge in [0.15, 0.2) is 11.5 Å². The van der Waals surface area contributed by atoms with Crippen LogP contribution in [0.15, 0.2) is 60.7 Å². The number of nitrogens with zero attached hydrogens (tertiary/aromatic N) is 2. The van der Waals surface area contributed by atoms with Gasteiger partial charge < -0.3 is 20.2 Å². The minimum Gasteiger partial charge on any atom is -0.486 e. The molecule has 0 saturated heterocycles. The molecule has 0 unspecified atom stereocenters. The quantitative estimate of drug-likeness (QED) is 0.504. The van der Waals surface area contributed by atoms with Crippen LogP contribution < -0.4 is 15.2 Å². The fraction of sp³-hybridized carbons (Fsp3) is 0.160. The van der Waals surface area contributed by atoms with E-state index in [1.165, 1.54) is 0 Å². The molecule has 2 aromatic heterocycles. The lowest BCUT2D eigenvalue weighted by Gasteiger charge is -2.18. The molecule has 1 amide bonds. The number of aryl methyl sites for hydroxylation is 1. The number of benzene rings is 2. The number of hydrogen-bond donors (Lipinski definition) is 2. The zero-order valence-electron chi connectivity index (χ0n) is 17.6. The molecule has 0 aliphatic carbocycles. The van der Waals surface area contributed by atoms with E-state index in [4.69, 9.17) is 20.2 Å². The molecule has 7 nitrogen and oxygen atoms in total. The van der Waals surface area contributed by atoms with Crippen molar-refractivity contribution in [3.8, 4) is 34.1 Å². The van der Waals surface area contributed by atoms with Crippen molar-refractivity contribution < 1.29 is 14.3 Å². The standard InChI is InChI=1S/C25H22N4O3/c1-15-3-2-4-19(27-15)24-23(18-9-10-20-21(14-18)32-12-11-31-20)28-22(29-24)13-16-5-7-17(8-6-16)25(26)30/h2-10,14H,11-13H2,1H3,(H2,26,30)(H,28,29). The largest absolute Gasteiger partial charge is 0.486 e. The number of primary amides is 1. The van der Waals surface area contributed by atoms with Gasteiger partial charge in [-0.25, -0.2) is 4.98 Å². The van der Waals surface area contributed by atoms with Gasteiger partial charge in [0.25, 0.3) is 0 Å². The van der Waals surface area contributed by atoms with E-state index in [-0.39, 0.29) is 0 Å². The van der Waals surface area contributed by atoms with E-state index in [0.717, 1.165) is 45.5 Å². The summed E-state index contributed by atoms with van der Waals surface area (Å²) in [5.41, 5.74) is 11.1. The van der Waals surface area contributed by atoms with E-state index in [1.807, 2.05) is 55.5 Å². The van der Waals surface area contributed by atoms with Crippen LogP contribution in [0.5, 0.6) is 11.5 Å². The molecule has 1 aliphatic rings. The third-order valence-electron chi connectivity index (χ3n) is 5.32. The first-order valence-corrected chi connectivity index (χ1v) is 10.4. The molecule has 0 saturated carbocycles. The number of hydrogen-bond acceptors (Lipinski definition) is 5. The summed E-state index contributed by atoms with van der Waals surface area (Å²) in [5.74, 6) is 1.80. The van der Waals surface area contributed by atoms with Crippen LogP contribution in [0.2, 0.25) is 0 Å². The van der Waals surface area contributed by atoms with Gasteiger partial charge in [0, 0.05) is 23.2 Å². The number of amides is 1. The minimum absolute atomic E-state index is 0.441. The van der Waals surface area contributed by atoms with Gasteiger partial charge in [0.2, 0.25) is 5.91 Å². The average molecular weight is 426 g/mol. The molecule has 3 heterocycles. The molecule has 0 atom stereocenters. The van der Waals surface area contributed by atoms with Crippen LogP contribution in [0.4, 0.5) is 0 Å². The molecule has 5 rings (SSSR count). The van der Waals surface area contributed by atoms with Crippen molar-refractivity contribution in [2.24, 2.45) is 5.73 Å². The Bertz CT molecular complexity index is 1300. The molecule has 0 spiro atoms. The number of carbonyl (C=O) groups excluding carboxylic acids is 1. The first-order valence-electron chi connectivity index (χ1n) is 10.4. The Kier molecular flexibility index (Phi) is 5.07. The van der Waals surface area contributed by atoms with Gasteiger partial charge in [0.1, 0.15) is 19.0 Å². The number of aromatic nitrogens is 3. The number of carbonyl (C=O) groups is 1. The Morgan fingerprint density at radius 3 is 2.53 bits per heavy atom. The highest BCUT2D eigenvalue weighted by atomic mass is 16.6.